The third-order valence-electron chi connectivity index (χ3n) is 3.76. The highest BCUT2D eigenvalue weighted by Gasteiger charge is 2.41. The molecule has 0 bridgehead atoms. The summed E-state index contributed by atoms with van der Waals surface area (Å²) in [7, 11) is 0. The van der Waals surface area contributed by atoms with E-state index in [1.807, 2.05) is 0 Å². The SMILES string of the molecule is CCN(Cc1cccc(NC(=O)/C=C/c2cccc(Cl)c2)c1)C(=O)C(F)(F)F. The number of amides is 2. The van der Waals surface area contributed by atoms with Crippen LogP contribution in [0.3, 0.4) is 0 Å². The predicted molar refractivity (Wildman–Crippen MR) is 103 cm³/mol. The van der Waals surface area contributed by atoms with E-state index in [1.54, 1.807) is 48.5 Å². The molecule has 0 heterocycles. The zero-order valence-electron chi connectivity index (χ0n) is 15.0. The maximum atomic E-state index is 12.6. The van der Waals surface area contributed by atoms with Gasteiger partial charge in [0.2, 0.25) is 5.91 Å². The molecule has 0 aliphatic carbocycles. The normalized spacial score (nSPS) is 11.5. The molecule has 0 radical (unpaired) electrons. The molecule has 4 nitrogen and oxygen atoms in total. The molecule has 0 aliphatic heterocycles. The first kappa shape index (κ1) is 21.5. The van der Waals surface area contributed by atoms with E-state index in [0.29, 0.717) is 21.2 Å². The lowest BCUT2D eigenvalue weighted by Crippen LogP contribution is -2.40. The maximum Gasteiger partial charge on any atom is 0.471 e. The number of rotatable bonds is 6. The van der Waals surface area contributed by atoms with E-state index >= 15 is 0 Å². The summed E-state index contributed by atoms with van der Waals surface area (Å²) in [4.78, 5) is 24.2. The minimum atomic E-state index is -4.92. The minimum Gasteiger partial charge on any atom is -0.331 e. The highest BCUT2D eigenvalue weighted by atomic mass is 35.5. The Morgan fingerprint density at radius 2 is 1.86 bits per heavy atom. The van der Waals surface area contributed by atoms with Crippen LogP contribution in [0.15, 0.2) is 54.6 Å². The molecule has 0 atom stereocenters. The molecule has 2 rings (SSSR count). The van der Waals surface area contributed by atoms with Gasteiger partial charge in [0, 0.05) is 29.9 Å². The molecule has 28 heavy (non-hydrogen) atoms. The van der Waals surface area contributed by atoms with Crippen molar-refractivity contribution in [2.24, 2.45) is 0 Å². The molecule has 1 N–H and O–H groups in total. The van der Waals surface area contributed by atoms with Crippen molar-refractivity contribution in [3.8, 4) is 0 Å². The lowest BCUT2D eigenvalue weighted by Gasteiger charge is -2.22. The molecule has 0 saturated heterocycles. The van der Waals surface area contributed by atoms with Gasteiger partial charge in [-0.15, -0.1) is 0 Å². The molecule has 0 fully saturated rings. The van der Waals surface area contributed by atoms with Gasteiger partial charge < -0.3 is 10.2 Å². The molecular weight excluding hydrogens is 393 g/mol. The van der Waals surface area contributed by atoms with Gasteiger partial charge in [-0.05, 0) is 48.4 Å². The van der Waals surface area contributed by atoms with Crippen LogP contribution < -0.4 is 5.32 Å². The zero-order valence-corrected chi connectivity index (χ0v) is 15.7. The van der Waals surface area contributed by atoms with Crippen molar-refractivity contribution in [2.45, 2.75) is 19.6 Å². The van der Waals surface area contributed by atoms with Gasteiger partial charge in [0.15, 0.2) is 0 Å². The van der Waals surface area contributed by atoms with Gasteiger partial charge in [-0.25, -0.2) is 0 Å². The number of hydrogen-bond donors (Lipinski definition) is 1. The third kappa shape index (κ3) is 6.42. The Bertz CT molecular complexity index is 882. The Balaban J connectivity index is 2.04. The molecule has 2 aromatic rings. The van der Waals surface area contributed by atoms with Gasteiger partial charge in [-0.1, -0.05) is 35.9 Å². The van der Waals surface area contributed by atoms with Crippen LogP contribution in [0.25, 0.3) is 6.08 Å². The fourth-order valence-corrected chi connectivity index (χ4v) is 2.64. The second-order valence-corrected chi connectivity index (χ2v) is 6.33. The smallest absolute Gasteiger partial charge is 0.331 e. The average molecular weight is 411 g/mol. The highest BCUT2D eigenvalue weighted by Crippen LogP contribution is 2.21. The number of carbonyl (C=O) groups is 2. The number of nitrogens with zero attached hydrogens (tertiary/aromatic N) is 1. The summed E-state index contributed by atoms with van der Waals surface area (Å²) in [6.07, 6.45) is -2.01. The maximum absolute atomic E-state index is 12.6. The Labute approximate surface area is 165 Å². The lowest BCUT2D eigenvalue weighted by atomic mass is 10.1. The van der Waals surface area contributed by atoms with Crippen LogP contribution >= 0.6 is 11.6 Å². The van der Waals surface area contributed by atoms with Gasteiger partial charge >= 0.3 is 12.1 Å². The van der Waals surface area contributed by atoms with Crippen molar-refractivity contribution >= 4 is 35.2 Å². The van der Waals surface area contributed by atoms with Crippen LogP contribution in [0.4, 0.5) is 18.9 Å². The fraction of sp³-hybridized carbons (Fsp3) is 0.200. The summed E-state index contributed by atoms with van der Waals surface area (Å²) in [5, 5.41) is 3.18. The second-order valence-electron chi connectivity index (χ2n) is 5.90. The van der Waals surface area contributed by atoms with E-state index < -0.39 is 18.0 Å². The summed E-state index contributed by atoms with van der Waals surface area (Å²) < 4.78 is 37.9. The molecule has 0 unspecified atom stereocenters. The quantitative estimate of drug-likeness (QED) is 0.688. The van der Waals surface area contributed by atoms with Crippen molar-refractivity contribution in [1.82, 2.24) is 4.90 Å². The van der Waals surface area contributed by atoms with Gasteiger partial charge in [0.05, 0.1) is 0 Å². The summed E-state index contributed by atoms with van der Waals surface area (Å²) in [5.74, 6) is -2.30. The number of carbonyl (C=O) groups excluding carboxylic acids is 2. The van der Waals surface area contributed by atoms with Crippen LogP contribution in [0, 0.1) is 0 Å². The first-order valence-electron chi connectivity index (χ1n) is 8.38. The van der Waals surface area contributed by atoms with Crippen LogP contribution in [-0.4, -0.2) is 29.4 Å². The number of anilines is 1. The summed E-state index contributed by atoms with van der Waals surface area (Å²) in [5.41, 5.74) is 1.63. The van der Waals surface area contributed by atoms with Crippen molar-refractivity contribution in [2.75, 3.05) is 11.9 Å². The number of hydrogen-bond acceptors (Lipinski definition) is 2. The van der Waals surface area contributed by atoms with Gasteiger partial charge in [0.25, 0.3) is 0 Å². The molecule has 0 saturated carbocycles. The summed E-state index contributed by atoms with van der Waals surface area (Å²) in [6, 6.07) is 13.3. The van der Waals surface area contributed by atoms with E-state index in [9.17, 15) is 22.8 Å². The first-order valence-corrected chi connectivity index (χ1v) is 8.76. The van der Waals surface area contributed by atoms with E-state index in [1.165, 1.54) is 19.1 Å². The predicted octanol–water partition coefficient (Wildman–Crippen LogP) is 4.90. The fourth-order valence-electron chi connectivity index (χ4n) is 2.44. The first-order chi connectivity index (χ1) is 13.2. The summed E-state index contributed by atoms with van der Waals surface area (Å²) in [6.45, 7) is 1.17. The molecule has 2 amide bonds. The van der Waals surface area contributed by atoms with Crippen molar-refractivity contribution in [3.05, 3.63) is 70.8 Å². The van der Waals surface area contributed by atoms with Crippen LogP contribution in [0.5, 0.6) is 0 Å². The zero-order chi connectivity index (χ0) is 20.7. The van der Waals surface area contributed by atoms with Gasteiger partial charge in [-0.2, -0.15) is 13.2 Å². The van der Waals surface area contributed by atoms with Crippen LogP contribution in [0.2, 0.25) is 5.02 Å². The van der Waals surface area contributed by atoms with Crippen molar-refractivity contribution in [3.63, 3.8) is 0 Å². The Morgan fingerprint density at radius 3 is 2.50 bits per heavy atom. The molecular formula is C20H18ClF3N2O2. The standard InChI is InChI=1S/C20H18ClF3N2O2/c1-2-26(19(28)20(22,23)24)13-15-6-4-8-17(12-15)25-18(27)10-9-14-5-3-7-16(21)11-14/h3-12H,2,13H2,1H3,(H,25,27)/b10-9+. The Hall–Kier alpha value is -2.80. The summed E-state index contributed by atoms with van der Waals surface area (Å²) >= 11 is 5.88. The number of alkyl halides is 3. The molecule has 0 aromatic heterocycles. The van der Waals surface area contributed by atoms with E-state index in [0.717, 1.165) is 5.56 Å². The largest absolute Gasteiger partial charge is 0.471 e. The Morgan fingerprint density at radius 1 is 1.14 bits per heavy atom. The highest BCUT2D eigenvalue weighted by molar-refractivity contribution is 6.30. The molecule has 0 spiro atoms. The molecule has 148 valence electrons. The molecule has 0 aliphatic rings. The second kappa shape index (κ2) is 9.41. The topological polar surface area (TPSA) is 49.4 Å². The monoisotopic (exact) mass is 410 g/mol. The van der Waals surface area contributed by atoms with Crippen molar-refractivity contribution in [1.29, 1.82) is 0 Å². The van der Waals surface area contributed by atoms with Crippen LogP contribution in [0.1, 0.15) is 18.1 Å². The van der Waals surface area contributed by atoms with Gasteiger partial charge in [-0.3, -0.25) is 9.59 Å². The number of halogens is 4. The van der Waals surface area contributed by atoms with E-state index in [4.69, 9.17) is 11.6 Å². The Kier molecular flexibility index (Phi) is 7.23. The van der Waals surface area contributed by atoms with Crippen LogP contribution in [-0.2, 0) is 16.1 Å². The van der Waals surface area contributed by atoms with Gasteiger partial charge in [0.1, 0.15) is 0 Å². The number of nitrogens with one attached hydrogen (secondary N) is 1. The lowest BCUT2D eigenvalue weighted by molar-refractivity contribution is -0.185. The number of benzene rings is 2. The third-order valence-corrected chi connectivity index (χ3v) is 3.99. The molecule has 2 aromatic carbocycles. The van der Waals surface area contributed by atoms with Crippen molar-refractivity contribution < 1.29 is 22.8 Å². The van der Waals surface area contributed by atoms with E-state index in [2.05, 4.69) is 5.32 Å². The minimum absolute atomic E-state index is 0.0860. The molecule has 8 heteroatoms. The average Bonchev–Trinajstić information content (AvgIpc) is 2.63. The van der Waals surface area contributed by atoms with E-state index in [-0.39, 0.29) is 13.1 Å².